The third kappa shape index (κ3) is 1.24. The second kappa shape index (κ2) is 3.31. The quantitative estimate of drug-likeness (QED) is 0.329. The Bertz CT molecular complexity index is 485. The van der Waals surface area contributed by atoms with Crippen LogP contribution in [-0.2, 0) is 0 Å². The number of benzene rings is 2. The van der Waals surface area contributed by atoms with Gasteiger partial charge in [-0.15, -0.1) is 0 Å². The lowest BCUT2D eigenvalue weighted by atomic mass is 10.1. The van der Waals surface area contributed by atoms with Gasteiger partial charge in [0.2, 0.25) is 0 Å². The van der Waals surface area contributed by atoms with Crippen LogP contribution in [0.2, 0.25) is 0 Å². The molecule has 72 valence electrons. The minimum absolute atomic E-state index is 0.222. The predicted molar refractivity (Wildman–Crippen MR) is 62.6 cm³/mol. The molecule has 0 spiro atoms. The molecule has 4 N–H and O–H groups in total. The van der Waals surface area contributed by atoms with E-state index >= 15 is 0 Å². The van der Waals surface area contributed by atoms with Crippen molar-refractivity contribution >= 4 is 35.0 Å². The average Bonchev–Trinajstić information content (AvgIpc) is 2.23. The molecule has 3 nitrogen and oxygen atoms in total. The highest BCUT2D eigenvalue weighted by Gasteiger charge is 2.06. The number of anilines is 2. The SMILES string of the molecule is Nc1ccc(O)c2cccc(NS)c12. The van der Waals surface area contributed by atoms with Crippen molar-refractivity contribution in [2.45, 2.75) is 0 Å². The number of phenols is 1. The summed E-state index contributed by atoms with van der Waals surface area (Å²) in [6.45, 7) is 0. The molecule has 2 rings (SSSR count). The van der Waals surface area contributed by atoms with Crippen LogP contribution in [0.15, 0.2) is 30.3 Å². The number of nitrogens with two attached hydrogens (primary N) is 1. The van der Waals surface area contributed by atoms with Gasteiger partial charge in [0.25, 0.3) is 0 Å². The van der Waals surface area contributed by atoms with Gasteiger partial charge in [0.1, 0.15) is 5.75 Å². The topological polar surface area (TPSA) is 58.3 Å². The molecule has 0 amide bonds. The number of hydrogen-bond acceptors (Lipinski definition) is 4. The Morgan fingerprint density at radius 3 is 2.71 bits per heavy atom. The maximum atomic E-state index is 9.61. The maximum Gasteiger partial charge on any atom is 0.123 e. The standard InChI is InChI=1S/C10H10N2OS/c11-7-4-5-9(13)6-2-1-3-8(12-14)10(6)7/h1-5,12-14H,11H2. The van der Waals surface area contributed by atoms with E-state index in [-0.39, 0.29) is 5.75 Å². The monoisotopic (exact) mass is 206 g/mol. The van der Waals surface area contributed by atoms with Gasteiger partial charge in [0, 0.05) is 16.5 Å². The average molecular weight is 206 g/mol. The molecule has 0 bridgehead atoms. The highest BCUT2D eigenvalue weighted by Crippen LogP contribution is 2.34. The molecule has 2 aromatic rings. The number of fused-ring (bicyclic) bond motifs is 1. The lowest BCUT2D eigenvalue weighted by Gasteiger charge is -2.08. The summed E-state index contributed by atoms with van der Waals surface area (Å²) >= 11 is 3.98. The Labute approximate surface area is 87.1 Å². The predicted octanol–water partition coefficient (Wildman–Crippen LogP) is 2.38. The molecule has 0 saturated carbocycles. The first kappa shape index (κ1) is 9.02. The number of thiol groups is 1. The highest BCUT2D eigenvalue weighted by atomic mass is 32.1. The third-order valence-corrected chi connectivity index (χ3v) is 2.41. The maximum absolute atomic E-state index is 9.61. The molecule has 0 aromatic heterocycles. The minimum atomic E-state index is 0.222. The van der Waals surface area contributed by atoms with Gasteiger partial charge in [-0.05, 0) is 18.2 Å². The first-order chi connectivity index (χ1) is 6.74. The number of rotatable bonds is 1. The van der Waals surface area contributed by atoms with Crippen LogP contribution in [0.4, 0.5) is 11.4 Å². The van der Waals surface area contributed by atoms with E-state index in [0.29, 0.717) is 5.69 Å². The zero-order chi connectivity index (χ0) is 10.1. The van der Waals surface area contributed by atoms with E-state index in [2.05, 4.69) is 17.5 Å². The fourth-order valence-corrected chi connectivity index (χ4v) is 1.70. The summed E-state index contributed by atoms with van der Waals surface area (Å²) in [5.74, 6) is 0.222. The molecular formula is C10H10N2OS. The Morgan fingerprint density at radius 2 is 2.00 bits per heavy atom. The van der Waals surface area contributed by atoms with Gasteiger partial charge in [-0.25, -0.2) is 0 Å². The molecular weight excluding hydrogens is 196 g/mol. The molecule has 2 aromatic carbocycles. The van der Waals surface area contributed by atoms with Gasteiger partial charge in [-0.1, -0.05) is 24.9 Å². The smallest absolute Gasteiger partial charge is 0.123 e. The number of nitrogens with one attached hydrogen (secondary N) is 1. The molecule has 0 aliphatic rings. The van der Waals surface area contributed by atoms with E-state index in [4.69, 9.17) is 5.73 Å². The van der Waals surface area contributed by atoms with Crippen molar-refractivity contribution in [3.05, 3.63) is 30.3 Å². The Hall–Kier alpha value is -1.55. The van der Waals surface area contributed by atoms with Crippen LogP contribution in [0.5, 0.6) is 5.75 Å². The summed E-state index contributed by atoms with van der Waals surface area (Å²) in [6, 6.07) is 8.76. The molecule has 0 aliphatic heterocycles. The van der Waals surface area contributed by atoms with Crippen molar-refractivity contribution in [1.29, 1.82) is 0 Å². The molecule has 4 heteroatoms. The second-order valence-electron chi connectivity index (χ2n) is 3.01. The van der Waals surface area contributed by atoms with Crippen LogP contribution in [0.1, 0.15) is 0 Å². The minimum Gasteiger partial charge on any atom is -0.507 e. The van der Waals surface area contributed by atoms with Crippen LogP contribution < -0.4 is 10.5 Å². The van der Waals surface area contributed by atoms with Gasteiger partial charge >= 0.3 is 0 Å². The molecule has 0 heterocycles. The molecule has 0 saturated heterocycles. The molecule has 0 atom stereocenters. The summed E-state index contributed by atoms with van der Waals surface area (Å²) in [6.07, 6.45) is 0. The largest absolute Gasteiger partial charge is 0.507 e. The van der Waals surface area contributed by atoms with E-state index in [1.165, 1.54) is 0 Å². The number of hydrogen-bond donors (Lipinski definition) is 4. The summed E-state index contributed by atoms with van der Waals surface area (Å²) in [7, 11) is 0. The fraction of sp³-hybridized carbons (Fsp3) is 0. The molecule has 0 fully saturated rings. The number of nitrogen functional groups attached to an aromatic ring is 1. The van der Waals surface area contributed by atoms with Gasteiger partial charge in [-0.3, -0.25) is 0 Å². The van der Waals surface area contributed by atoms with Crippen LogP contribution in [-0.4, -0.2) is 5.11 Å². The lowest BCUT2D eigenvalue weighted by molar-refractivity contribution is 0.482. The van der Waals surface area contributed by atoms with Crippen molar-refractivity contribution in [3.8, 4) is 5.75 Å². The van der Waals surface area contributed by atoms with Crippen molar-refractivity contribution in [1.82, 2.24) is 0 Å². The fourth-order valence-electron chi connectivity index (χ4n) is 1.51. The number of phenolic OH excluding ortho intramolecular Hbond substituents is 1. The van der Waals surface area contributed by atoms with E-state index in [1.54, 1.807) is 12.1 Å². The molecule has 0 aliphatic carbocycles. The van der Waals surface area contributed by atoms with Gasteiger partial charge < -0.3 is 15.6 Å². The van der Waals surface area contributed by atoms with Crippen LogP contribution >= 0.6 is 12.8 Å². The summed E-state index contributed by atoms with van der Waals surface area (Å²) in [5, 5.41) is 11.1. The van der Waals surface area contributed by atoms with Crippen molar-refractivity contribution in [2.75, 3.05) is 10.5 Å². The Morgan fingerprint density at radius 1 is 1.21 bits per heavy atom. The second-order valence-corrected chi connectivity index (χ2v) is 3.24. The van der Waals surface area contributed by atoms with Crippen LogP contribution in [0.3, 0.4) is 0 Å². The van der Waals surface area contributed by atoms with Crippen LogP contribution in [0.25, 0.3) is 10.8 Å². The lowest BCUT2D eigenvalue weighted by Crippen LogP contribution is -1.90. The Balaban J connectivity index is 2.92. The molecule has 14 heavy (non-hydrogen) atoms. The van der Waals surface area contributed by atoms with E-state index < -0.39 is 0 Å². The summed E-state index contributed by atoms with van der Waals surface area (Å²) in [5.41, 5.74) is 7.23. The van der Waals surface area contributed by atoms with Gasteiger partial charge in [0.15, 0.2) is 0 Å². The van der Waals surface area contributed by atoms with Crippen molar-refractivity contribution in [2.24, 2.45) is 0 Å². The van der Waals surface area contributed by atoms with Gasteiger partial charge in [-0.2, -0.15) is 0 Å². The molecule has 0 radical (unpaired) electrons. The van der Waals surface area contributed by atoms with Crippen molar-refractivity contribution < 1.29 is 5.11 Å². The molecule has 0 unspecified atom stereocenters. The van der Waals surface area contributed by atoms with Gasteiger partial charge in [0.05, 0.1) is 5.69 Å². The zero-order valence-corrected chi connectivity index (χ0v) is 8.25. The normalized spacial score (nSPS) is 10.4. The van der Waals surface area contributed by atoms with E-state index in [1.807, 2.05) is 18.2 Å². The first-order valence-electron chi connectivity index (χ1n) is 4.14. The summed E-state index contributed by atoms with van der Waals surface area (Å²) < 4.78 is 2.74. The highest BCUT2D eigenvalue weighted by molar-refractivity contribution is 7.81. The number of aromatic hydroxyl groups is 1. The first-order valence-corrected chi connectivity index (χ1v) is 4.59. The van der Waals surface area contributed by atoms with Crippen LogP contribution in [0, 0.1) is 0 Å². The van der Waals surface area contributed by atoms with Crippen molar-refractivity contribution in [3.63, 3.8) is 0 Å². The Kier molecular flexibility index (Phi) is 2.13. The van der Waals surface area contributed by atoms with E-state index in [0.717, 1.165) is 16.5 Å². The summed E-state index contributed by atoms with van der Waals surface area (Å²) in [4.78, 5) is 0. The van der Waals surface area contributed by atoms with E-state index in [9.17, 15) is 5.11 Å². The zero-order valence-electron chi connectivity index (χ0n) is 7.36. The third-order valence-electron chi connectivity index (χ3n) is 2.17.